The van der Waals surface area contributed by atoms with Crippen molar-refractivity contribution in [2.45, 2.75) is 13.2 Å². The van der Waals surface area contributed by atoms with Gasteiger partial charge in [-0.3, -0.25) is 4.79 Å². The fourth-order valence-electron chi connectivity index (χ4n) is 2.71. The molecule has 2 aromatic carbocycles. The van der Waals surface area contributed by atoms with E-state index in [0.717, 1.165) is 10.2 Å². The topological polar surface area (TPSA) is 60.5 Å². The first-order valence-corrected chi connectivity index (χ1v) is 9.30. The highest BCUT2D eigenvalue weighted by Crippen LogP contribution is 2.33. The van der Waals surface area contributed by atoms with Crippen LogP contribution in [0, 0.1) is 0 Å². The second-order valence-electron chi connectivity index (χ2n) is 5.61. The number of fused-ring (bicyclic) bond motifs is 2. The van der Waals surface area contributed by atoms with Gasteiger partial charge in [-0.25, -0.2) is 4.98 Å². The van der Waals surface area contributed by atoms with Crippen LogP contribution in [-0.2, 0) is 4.74 Å². The van der Waals surface area contributed by atoms with Crippen molar-refractivity contribution in [2.75, 3.05) is 11.9 Å². The smallest absolute Gasteiger partial charge is 0.232 e. The SMILES string of the molecule is CCOC1Oc2ccc(Cl)cc2C(=O)C1=CNc1nc2ccccc2s1. The van der Waals surface area contributed by atoms with Gasteiger partial charge >= 0.3 is 0 Å². The lowest BCUT2D eigenvalue weighted by molar-refractivity contribution is -0.0509. The van der Waals surface area contributed by atoms with Gasteiger partial charge in [0.1, 0.15) is 5.75 Å². The van der Waals surface area contributed by atoms with Crippen molar-refractivity contribution in [1.29, 1.82) is 0 Å². The Hall–Kier alpha value is -2.41. The normalized spacial score (nSPS) is 18.0. The number of thiazole rings is 1. The van der Waals surface area contributed by atoms with Crippen molar-refractivity contribution in [3.63, 3.8) is 0 Å². The molecule has 1 aliphatic heterocycles. The summed E-state index contributed by atoms with van der Waals surface area (Å²) in [7, 11) is 0. The number of para-hydroxylation sites is 1. The second-order valence-corrected chi connectivity index (χ2v) is 7.07. The highest BCUT2D eigenvalue weighted by atomic mass is 35.5. The molecule has 0 radical (unpaired) electrons. The Balaban J connectivity index is 1.67. The summed E-state index contributed by atoms with van der Waals surface area (Å²) in [6.45, 7) is 2.27. The van der Waals surface area contributed by atoms with E-state index in [9.17, 15) is 4.79 Å². The first-order valence-electron chi connectivity index (χ1n) is 8.10. The highest BCUT2D eigenvalue weighted by molar-refractivity contribution is 7.22. The molecule has 0 bridgehead atoms. The molecule has 0 aliphatic carbocycles. The third-order valence-corrected chi connectivity index (χ3v) is 5.10. The second kappa shape index (κ2) is 7.07. The summed E-state index contributed by atoms with van der Waals surface area (Å²) in [4.78, 5) is 17.4. The minimum atomic E-state index is -0.775. The molecule has 4 rings (SSSR count). The summed E-state index contributed by atoms with van der Waals surface area (Å²) >= 11 is 7.53. The van der Waals surface area contributed by atoms with Gasteiger partial charge in [0.2, 0.25) is 12.1 Å². The number of ketones is 1. The van der Waals surface area contributed by atoms with Crippen molar-refractivity contribution in [1.82, 2.24) is 4.98 Å². The number of halogens is 1. The molecule has 1 aromatic heterocycles. The maximum Gasteiger partial charge on any atom is 0.232 e. The van der Waals surface area contributed by atoms with E-state index in [2.05, 4.69) is 10.3 Å². The molecule has 3 aromatic rings. The van der Waals surface area contributed by atoms with Gasteiger partial charge in [0.15, 0.2) is 5.13 Å². The number of ether oxygens (including phenoxy) is 2. The van der Waals surface area contributed by atoms with Crippen LogP contribution in [0.4, 0.5) is 5.13 Å². The Morgan fingerprint density at radius 1 is 1.35 bits per heavy atom. The maximum atomic E-state index is 12.9. The zero-order valence-electron chi connectivity index (χ0n) is 13.9. The Labute approximate surface area is 159 Å². The van der Waals surface area contributed by atoms with E-state index >= 15 is 0 Å². The summed E-state index contributed by atoms with van der Waals surface area (Å²) in [6, 6.07) is 12.8. The van der Waals surface area contributed by atoms with E-state index in [4.69, 9.17) is 21.1 Å². The molecule has 0 spiro atoms. The molecule has 1 N–H and O–H groups in total. The zero-order valence-corrected chi connectivity index (χ0v) is 15.4. The van der Waals surface area contributed by atoms with E-state index in [1.165, 1.54) is 11.3 Å². The predicted octanol–water partition coefficient (Wildman–Crippen LogP) is 4.88. The monoisotopic (exact) mass is 386 g/mol. The Morgan fingerprint density at radius 3 is 3.00 bits per heavy atom. The van der Waals surface area contributed by atoms with Crippen LogP contribution in [0.3, 0.4) is 0 Å². The molecule has 132 valence electrons. The lowest BCUT2D eigenvalue weighted by atomic mass is 10.00. The number of hydrogen-bond donors (Lipinski definition) is 1. The number of benzene rings is 2. The van der Waals surface area contributed by atoms with Crippen molar-refractivity contribution in [3.8, 4) is 5.75 Å². The van der Waals surface area contributed by atoms with Crippen molar-refractivity contribution >= 4 is 44.1 Å². The van der Waals surface area contributed by atoms with Gasteiger partial charge in [-0.15, -0.1) is 0 Å². The number of carbonyl (C=O) groups is 1. The third-order valence-electron chi connectivity index (χ3n) is 3.90. The molecule has 1 unspecified atom stereocenters. The predicted molar refractivity (Wildman–Crippen MR) is 103 cm³/mol. The van der Waals surface area contributed by atoms with Gasteiger partial charge in [-0.05, 0) is 37.3 Å². The number of aromatic nitrogens is 1. The van der Waals surface area contributed by atoms with E-state index in [-0.39, 0.29) is 5.78 Å². The van der Waals surface area contributed by atoms with Crippen LogP contribution in [0.5, 0.6) is 5.75 Å². The largest absolute Gasteiger partial charge is 0.460 e. The minimum Gasteiger partial charge on any atom is -0.460 e. The maximum absolute atomic E-state index is 12.9. The average Bonchev–Trinajstić information content (AvgIpc) is 3.05. The van der Waals surface area contributed by atoms with Crippen LogP contribution in [-0.4, -0.2) is 23.7 Å². The number of Topliss-reactive ketones (excluding diaryl/α,β-unsaturated/α-hetero) is 1. The third kappa shape index (κ3) is 3.19. The van der Waals surface area contributed by atoms with Gasteiger partial charge in [-0.2, -0.15) is 0 Å². The molecule has 26 heavy (non-hydrogen) atoms. The summed E-state index contributed by atoms with van der Waals surface area (Å²) in [6.07, 6.45) is 0.826. The summed E-state index contributed by atoms with van der Waals surface area (Å²) in [5.74, 6) is 0.288. The van der Waals surface area contributed by atoms with Gasteiger partial charge in [0.05, 0.1) is 21.4 Å². The summed E-state index contributed by atoms with van der Waals surface area (Å²) < 4.78 is 12.5. The van der Waals surface area contributed by atoms with Gasteiger partial charge < -0.3 is 14.8 Å². The van der Waals surface area contributed by atoms with Crippen molar-refractivity contribution in [2.24, 2.45) is 0 Å². The number of hydrogen-bond acceptors (Lipinski definition) is 6. The van der Waals surface area contributed by atoms with Crippen molar-refractivity contribution < 1.29 is 14.3 Å². The standard InChI is InChI=1S/C19H15ClN2O3S/c1-2-24-18-13(17(23)12-9-11(20)7-8-15(12)25-18)10-21-19-22-14-5-3-4-6-16(14)26-19/h3-10,18H,2H2,1H3,(H,21,22). The lowest BCUT2D eigenvalue weighted by Crippen LogP contribution is -2.33. The van der Waals surface area contributed by atoms with Crippen LogP contribution in [0.2, 0.25) is 5.02 Å². The molecule has 0 saturated heterocycles. The minimum absolute atomic E-state index is 0.180. The van der Waals surface area contributed by atoms with Crippen LogP contribution < -0.4 is 10.1 Å². The molecule has 2 heterocycles. The molecule has 7 heteroatoms. The molecule has 0 fully saturated rings. The fraction of sp³-hybridized carbons (Fsp3) is 0.158. The fourth-order valence-corrected chi connectivity index (χ4v) is 3.71. The number of anilines is 1. The van der Waals surface area contributed by atoms with Crippen LogP contribution in [0.1, 0.15) is 17.3 Å². The summed E-state index contributed by atoms with van der Waals surface area (Å²) in [5.41, 5.74) is 1.70. The van der Waals surface area contributed by atoms with E-state index in [1.807, 2.05) is 31.2 Å². The highest BCUT2D eigenvalue weighted by Gasteiger charge is 2.32. The molecule has 1 atom stereocenters. The van der Waals surface area contributed by atoms with E-state index < -0.39 is 6.29 Å². The Morgan fingerprint density at radius 2 is 2.19 bits per heavy atom. The van der Waals surface area contributed by atoms with Crippen LogP contribution in [0.25, 0.3) is 10.2 Å². The number of nitrogens with zero attached hydrogens (tertiary/aromatic N) is 1. The molecular formula is C19H15ClN2O3S. The Bertz CT molecular complexity index is 982. The summed E-state index contributed by atoms with van der Waals surface area (Å²) in [5, 5.41) is 4.27. The van der Waals surface area contributed by atoms with E-state index in [1.54, 1.807) is 24.4 Å². The molecule has 5 nitrogen and oxygen atoms in total. The average molecular weight is 387 g/mol. The van der Waals surface area contributed by atoms with Crippen LogP contribution in [0.15, 0.2) is 54.2 Å². The van der Waals surface area contributed by atoms with Crippen molar-refractivity contribution in [3.05, 3.63) is 64.8 Å². The molecule has 0 amide bonds. The van der Waals surface area contributed by atoms with Gasteiger partial charge in [-0.1, -0.05) is 35.1 Å². The first kappa shape index (κ1) is 17.0. The quantitative estimate of drug-likeness (QED) is 0.647. The van der Waals surface area contributed by atoms with Crippen LogP contribution >= 0.6 is 22.9 Å². The lowest BCUT2D eigenvalue weighted by Gasteiger charge is -2.27. The number of carbonyl (C=O) groups excluding carboxylic acids is 1. The Kier molecular flexibility index (Phi) is 4.63. The molecule has 1 aliphatic rings. The molecule has 0 saturated carbocycles. The van der Waals surface area contributed by atoms with Gasteiger partial charge in [0, 0.05) is 17.8 Å². The van der Waals surface area contributed by atoms with Gasteiger partial charge in [0.25, 0.3) is 0 Å². The number of nitrogens with one attached hydrogen (secondary N) is 1. The number of rotatable bonds is 4. The van der Waals surface area contributed by atoms with E-state index in [0.29, 0.717) is 33.6 Å². The first-order chi connectivity index (χ1) is 12.7. The zero-order chi connectivity index (χ0) is 18.1. The molecular weight excluding hydrogens is 372 g/mol.